The molecule has 0 aliphatic heterocycles. The number of pyridine rings is 1. The second kappa shape index (κ2) is 7.19. The highest BCUT2D eigenvalue weighted by molar-refractivity contribution is 7.71. The fraction of sp³-hybridized carbons (Fsp3) is 0.400. The number of nitrogens with one attached hydrogen (secondary N) is 1. The van der Waals surface area contributed by atoms with Gasteiger partial charge in [-0.1, -0.05) is 24.4 Å². The summed E-state index contributed by atoms with van der Waals surface area (Å²) in [5, 5.41) is 9.64. The number of hydrogen-bond donors (Lipinski definition) is 1. The van der Waals surface area contributed by atoms with Crippen LogP contribution in [-0.2, 0) is 12.8 Å². The van der Waals surface area contributed by atoms with Crippen molar-refractivity contribution >= 4 is 17.9 Å². The molecule has 0 atom stereocenters. The number of nitriles is 1. The first-order valence-corrected chi connectivity index (χ1v) is 9.13. The van der Waals surface area contributed by atoms with Crippen LogP contribution in [0, 0.1) is 16.0 Å². The smallest absolute Gasteiger partial charge is 0.122 e. The summed E-state index contributed by atoms with van der Waals surface area (Å²) in [6.07, 6.45) is 4.40. The first kappa shape index (κ1) is 16.7. The van der Waals surface area contributed by atoms with Crippen LogP contribution in [0.3, 0.4) is 0 Å². The molecule has 1 N–H and O–H groups in total. The average Bonchev–Trinajstić information content (AvgIpc) is 2.62. The molecule has 1 aromatic carbocycles. The SMILES string of the molecule is CCN(CC)c1ccc(-c2c3c([nH]c(=S)c2C#N)CCCC3)cc1. The van der Waals surface area contributed by atoms with Crippen LogP contribution < -0.4 is 4.90 Å². The van der Waals surface area contributed by atoms with Crippen molar-refractivity contribution in [2.45, 2.75) is 39.5 Å². The number of benzene rings is 1. The first-order valence-electron chi connectivity index (χ1n) is 8.73. The van der Waals surface area contributed by atoms with E-state index in [1.54, 1.807) is 0 Å². The number of nitrogens with zero attached hydrogens (tertiary/aromatic N) is 2. The van der Waals surface area contributed by atoms with Crippen molar-refractivity contribution in [3.63, 3.8) is 0 Å². The van der Waals surface area contributed by atoms with Gasteiger partial charge in [-0.25, -0.2) is 0 Å². The molecule has 0 amide bonds. The van der Waals surface area contributed by atoms with Gasteiger partial charge >= 0.3 is 0 Å². The Morgan fingerprint density at radius 1 is 1.12 bits per heavy atom. The van der Waals surface area contributed by atoms with Gasteiger partial charge in [-0.15, -0.1) is 0 Å². The summed E-state index contributed by atoms with van der Waals surface area (Å²) in [5.74, 6) is 0. The third kappa shape index (κ3) is 2.97. The lowest BCUT2D eigenvalue weighted by Crippen LogP contribution is -2.21. The highest BCUT2D eigenvalue weighted by Crippen LogP contribution is 2.34. The van der Waals surface area contributed by atoms with E-state index in [1.165, 1.54) is 29.8 Å². The van der Waals surface area contributed by atoms with Gasteiger partial charge in [0.2, 0.25) is 0 Å². The summed E-state index contributed by atoms with van der Waals surface area (Å²) in [6.45, 7) is 6.31. The Balaban J connectivity index is 2.14. The predicted octanol–water partition coefficient (Wildman–Crippen LogP) is 5.01. The molecule has 0 saturated heterocycles. The standard InChI is InChI=1S/C20H23N3S/c1-3-23(4-2)15-11-9-14(10-12-15)19-16-7-5-6-8-18(16)22-20(24)17(19)13-21/h9-12H,3-8H2,1-2H3,(H,22,24). The van der Waals surface area contributed by atoms with Crippen LogP contribution in [0.4, 0.5) is 5.69 Å². The molecule has 24 heavy (non-hydrogen) atoms. The quantitative estimate of drug-likeness (QED) is 0.798. The van der Waals surface area contributed by atoms with E-state index in [4.69, 9.17) is 12.2 Å². The monoisotopic (exact) mass is 337 g/mol. The van der Waals surface area contributed by atoms with Gasteiger partial charge in [0.25, 0.3) is 0 Å². The van der Waals surface area contributed by atoms with Crippen LogP contribution in [0.25, 0.3) is 11.1 Å². The third-order valence-corrected chi connectivity index (χ3v) is 5.21. The molecule has 0 unspecified atom stereocenters. The fourth-order valence-electron chi connectivity index (χ4n) is 3.64. The van der Waals surface area contributed by atoms with Crippen molar-refractivity contribution in [3.05, 3.63) is 45.7 Å². The summed E-state index contributed by atoms with van der Waals surface area (Å²) in [6, 6.07) is 10.9. The van der Waals surface area contributed by atoms with Gasteiger partial charge in [0.15, 0.2) is 0 Å². The second-order valence-electron chi connectivity index (χ2n) is 6.20. The van der Waals surface area contributed by atoms with Gasteiger partial charge in [0, 0.05) is 30.0 Å². The number of H-pyrrole nitrogens is 1. The van der Waals surface area contributed by atoms with Crippen LogP contribution in [0.15, 0.2) is 24.3 Å². The molecule has 0 fully saturated rings. The van der Waals surface area contributed by atoms with E-state index >= 15 is 0 Å². The number of aromatic nitrogens is 1. The minimum atomic E-state index is 0.570. The minimum Gasteiger partial charge on any atom is -0.372 e. The number of aryl methyl sites for hydroxylation is 1. The Hall–Kier alpha value is -2.12. The van der Waals surface area contributed by atoms with E-state index in [2.05, 4.69) is 54.1 Å². The maximum absolute atomic E-state index is 9.64. The van der Waals surface area contributed by atoms with E-state index in [9.17, 15) is 5.26 Å². The molecule has 3 rings (SSSR count). The highest BCUT2D eigenvalue weighted by atomic mass is 32.1. The second-order valence-corrected chi connectivity index (χ2v) is 6.61. The molecule has 2 aromatic rings. The number of fused-ring (bicyclic) bond motifs is 1. The zero-order chi connectivity index (χ0) is 17.1. The summed E-state index contributed by atoms with van der Waals surface area (Å²) >= 11 is 5.44. The highest BCUT2D eigenvalue weighted by Gasteiger charge is 2.20. The minimum absolute atomic E-state index is 0.570. The summed E-state index contributed by atoms with van der Waals surface area (Å²) in [5.41, 5.74) is 6.47. The topological polar surface area (TPSA) is 42.8 Å². The normalized spacial score (nSPS) is 13.2. The Morgan fingerprint density at radius 2 is 1.79 bits per heavy atom. The molecular weight excluding hydrogens is 314 g/mol. The zero-order valence-electron chi connectivity index (χ0n) is 14.4. The Bertz CT molecular complexity index is 824. The summed E-state index contributed by atoms with van der Waals surface area (Å²) < 4.78 is 0.570. The van der Waals surface area contributed by atoms with Crippen molar-refractivity contribution in [1.82, 2.24) is 4.98 Å². The van der Waals surface area contributed by atoms with Gasteiger partial charge in [-0.3, -0.25) is 0 Å². The predicted molar refractivity (Wildman–Crippen MR) is 102 cm³/mol. The molecule has 0 saturated carbocycles. The fourth-order valence-corrected chi connectivity index (χ4v) is 3.91. The van der Waals surface area contributed by atoms with Crippen LogP contribution in [0.5, 0.6) is 0 Å². The van der Waals surface area contributed by atoms with Crippen LogP contribution in [0.1, 0.15) is 43.5 Å². The molecule has 0 spiro atoms. The van der Waals surface area contributed by atoms with Gasteiger partial charge in [0.05, 0.1) is 5.56 Å². The van der Waals surface area contributed by atoms with E-state index in [-0.39, 0.29) is 0 Å². The number of rotatable bonds is 4. The molecule has 1 aliphatic carbocycles. The van der Waals surface area contributed by atoms with Gasteiger partial charge in [-0.2, -0.15) is 5.26 Å². The summed E-state index contributed by atoms with van der Waals surface area (Å²) in [4.78, 5) is 5.61. The molecule has 1 heterocycles. The molecular formula is C20H23N3S. The van der Waals surface area contributed by atoms with E-state index in [0.717, 1.165) is 37.1 Å². The number of hydrogen-bond acceptors (Lipinski definition) is 3. The number of aromatic amines is 1. The van der Waals surface area contributed by atoms with Gasteiger partial charge in [-0.05, 0) is 62.8 Å². The lowest BCUT2D eigenvalue weighted by molar-refractivity contribution is 0.668. The van der Waals surface area contributed by atoms with E-state index in [1.807, 2.05) is 0 Å². The molecule has 0 radical (unpaired) electrons. The third-order valence-electron chi connectivity index (χ3n) is 4.91. The number of anilines is 1. The van der Waals surface area contributed by atoms with E-state index < -0.39 is 0 Å². The molecule has 124 valence electrons. The van der Waals surface area contributed by atoms with Crippen LogP contribution >= 0.6 is 12.2 Å². The van der Waals surface area contributed by atoms with Crippen molar-refractivity contribution in [3.8, 4) is 17.2 Å². The lowest BCUT2D eigenvalue weighted by Gasteiger charge is -2.23. The summed E-state index contributed by atoms with van der Waals surface area (Å²) in [7, 11) is 0. The molecule has 0 bridgehead atoms. The van der Waals surface area contributed by atoms with Crippen molar-refractivity contribution in [2.24, 2.45) is 0 Å². The van der Waals surface area contributed by atoms with Crippen LogP contribution in [-0.4, -0.2) is 18.1 Å². The van der Waals surface area contributed by atoms with Crippen LogP contribution in [0.2, 0.25) is 0 Å². The average molecular weight is 337 g/mol. The molecule has 1 aliphatic rings. The molecule has 3 nitrogen and oxygen atoms in total. The lowest BCUT2D eigenvalue weighted by atomic mass is 9.87. The molecule has 4 heteroatoms. The molecule has 1 aromatic heterocycles. The largest absolute Gasteiger partial charge is 0.372 e. The Kier molecular flexibility index (Phi) is 5.01. The maximum Gasteiger partial charge on any atom is 0.122 e. The van der Waals surface area contributed by atoms with E-state index in [0.29, 0.717) is 10.2 Å². The van der Waals surface area contributed by atoms with Crippen molar-refractivity contribution in [2.75, 3.05) is 18.0 Å². The Labute approximate surface area is 148 Å². The van der Waals surface area contributed by atoms with Crippen molar-refractivity contribution < 1.29 is 0 Å². The maximum atomic E-state index is 9.64. The van der Waals surface area contributed by atoms with Gasteiger partial charge in [0.1, 0.15) is 10.7 Å². The Morgan fingerprint density at radius 3 is 2.42 bits per heavy atom. The van der Waals surface area contributed by atoms with Gasteiger partial charge < -0.3 is 9.88 Å². The first-order chi connectivity index (χ1) is 11.7. The zero-order valence-corrected chi connectivity index (χ0v) is 15.2. The van der Waals surface area contributed by atoms with Crippen molar-refractivity contribution in [1.29, 1.82) is 5.26 Å².